The van der Waals surface area contributed by atoms with Gasteiger partial charge in [-0.3, -0.25) is 0 Å². The summed E-state index contributed by atoms with van der Waals surface area (Å²) in [5, 5.41) is 3.25. The molecule has 0 radical (unpaired) electrons. The molecule has 132 valence electrons. The van der Waals surface area contributed by atoms with Gasteiger partial charge in [-0.05, 0) is 39.0 Å². The molecule has 1 N–H and O–H groups in total. The maximum absolute atomic E-state index is 12.3. The summed E-state index contributed by atoms with van der Waals surface area (Å²) in [6.07, 6.45) is -0.349. The van der Waals surface area contributed by atoms with Crippen LogP contribution in [0.5, 0.6) is 0 Å². The van der Waals surface area contributed by atoms with Gasteiger partial charge in [0.15, 0.2) is 0 Å². The number of carbonyl (C=O) groups is 2. The Kier molecular flexibility index (Phi) is 5.98. The minimum Gasteiger partial charge on any atom is -0.444 e. The molecule has 0 aromatic heterocycles. The van der Waals surface area contributed by atoms with Gasteiger partial charge in [0.25, 0.3) is 0 Å². The van der Waals surface area contributed by atoms with Crippen LogP contribution in [0.2, 0.25) is 5.02 Å². The standard InChI is InChI=1S/C16H21BrClN3O3/c1-16(2,3)24-15(23)21-8-6-20(7-9-21)14(22)19-13-5-4-11(17)10-12(13)18/h4-5,10H,6-9H2,1-3H3,(H,19,22). The maximum atomic E-state index is 12.3. The number of hydrogen-bond donors (Lipinski definition) is 1. The van der Waals surface area contributed by atoms with Gasteiger partial charge in [0, 0.05) is 30.7 Å². The van der Waals surface area contributed by atoms with Gasteiger partial charge in [-0.1, -0.05) is 27.5 Å². The average molecular weight is 419 g/mol. The van der Waals surface area contributed by atoms with Crippen molar-refractivity contribution in [2.75, 3.05) is 31.5 Å². The first-order valence-corrected chi connectivity index (χ1v) is 8.82. The van der Waals surface area contributed by atoms with Crippen molar-refractivity contribution >= 4 is 45.3 Å². The number of benzene rings is 1. The summed E-state index contributed by atoms with van der Waals surface area (Å²) >= 11 is 9.43. The topological polar surface area (TPSA) is 61.9 Å². The third kappa shape index (κ3) is 5.27. The van der Waals surface area contributed by atoms with E-state index in [0.717, 1.165) is 4.47 Å². The summed E-state index contributed by atoms with van der Waals surface area (Å²) in [6.45, 7) is 7.26. The predicted molar refractivity (Wildman–Crippen MR) is 97.6 cm³/mol. The van der Waals surface area contributed by atoms with Crippen molar-refractivity contribution in [3.63, 3.8) is 0 Å². The van der Waals surface area contributed by atoms with Gasteiger partial charge in [-0.15, -0.1) is 0 Å². The van der Waals surface area contributed by atoms with E-state index in [9.17, 15) is 9.59 Å². The number of anilines is 1. The van der Waals surface area contributed by atoms with Crippen LogP contribution in [-0.4, -0.2) is 53.7 Å². The number of rotatable bonds is 1. The fraction of sp³-hybridized carbons (Fsp3) is 0.500. The second kappa shape index (κ2) is 7.61. The molecule has 3 amide bonds. The quantitative estimate of drug-likeness (QED) is 0.744. The Morgan fingerprint density at radius 3 is 2.29 bits per heavy atom. The van der Waals surface area contributed by atoms with Gasteiger partial charge in [-0.2, -0.15) is 0 Å². The van der Waals surface area contributed by atoms with E-state index in [0.29, 0.717) is 36.9 Å². The van der Waals surface area contributed by atoms with E-state index in [1.807, 2.05) is 26.8 Å². The zero-order valence-electron chi connectivity index (χ0n) is 13.9. The highest BCUT2D eigenvalue weighted by Crippen LogP contribution is 2.26. The van der Waals surface area contributed by atoms with Crippen LogP contribution in [0.15, 0.2) is 22.7 Å². The van der Waals surface area contributed by atoms with Crippen LogP contribution >= 0.6 is 27.5 Å². The number of urea groups is 1. The molecule has 0 saturated carbocycles. The molecule has 2 rings (SSSR count). The van der Waals surface area contributed by atoms with Crippen molar-refractivity contribution in [1.82, 2.24) is 9.80 Å². The number of carbonyl (C=O) groups excluding carboxylic acids is 2. The number of hydrogen-bond acceptors (Lipinski definition) is 3. The van der Waals surface area contributed by atoms with Crippen LogP contribution in [0.3, 0.4) is 0 Å². The monoisotopic (exact) mass is 417 g/mol. The van der Waals surface area contributed by atoms with E-state index in [2.05, 4.69) is 21.2 Å². The van der Waals surface area contributed by atoms with E-state index in [1.54, 1.807) is 21.9 Å². The molecule has 1 aliphatic rings. The molecule has 1 aromatic carbocycles. The average Bonchev–Trinajstić information content (AvgIpc) is 2.48. The second-order valence-electron chi connectivity index (χ2n) is 6.51. The van der Waals surface area contributed by atoms with E-state index in [1.165, 1.54) is 0 Å². The number of nitrogens with zero attached hydrogens (tertiary/aromatic N) is 2. The lowest BCUT2D eigenvalue weighted by Gasteiger charge is -2.35. The Balaban J connectivity index is 1.87. The second-order valence-corrected chi connectivity index (χ2v) is 7.83. The highest BCUT2D eigenvalue weighted by atomic mass is 79.9. The van der Waals surface area contributed by atoms with Crippen molar-refractivity contribution in [2.24, 2.45) is 0 Å². The van der Waals surface area contributed by atoms with Crippen LogP contribution in [0.1, 0.15) is 20.8 Å². The van der Waals surface area contributed by atoms with Crippen LogP contribution in [0, 0.1) is 0 Å². The Morgan fingerprint density at radius 2 is 1.75 bits per heavy atom. The first kappa shape index (κ1) is 18.9. The third-order valence-corrected chi connectivity index (χ3v) is 4.20. The molecule has 8 heteroatoms. The van der Waals surface area contributed by atoms with E-state index >= 15 is 0 Å². The lowest BCUT2D eigenvalue weighted by molar-refractivity contribution is 0.0174. The highest BCUT2D eigenvalue weighted by molar-refractivity contribution is 9.10. The first-order chi connectivity index (χ1) is 11.2. The number of amides is 3. The number of halogens is 2. The minimum atomic E-state index is -0.524. The molecule has 0 bridgehead atoms. The molecule has 0 unspecified atom stereocenters. The zero-order chi connectivity index (χ0) is 17.9. The van der Waals surface area contributed by atoms with E-state index < -0.39 is 5.60 Å². The van der Waals surface area contributed by atoms with Gasteiger partial charge in [0.2, 0.25) is 0 Å². The summed E-state index contributed by atoms with van der Waals surface area (Å²) in [5.74, 6) is 0. The van der Waals surface area contributed by atoms with Gasteiger partial charge < -0.3 is 19.9 Å². The molecule has 0 aliphatic carbocycles. The van der Waals surface area contributed by atoms with Crippen molar-refractivity contribution in [3.05, 3.63) is 27.7 Å². The largest absolute Gasteiger partial charge is 0.444 e. The predicted octanol–water partition coefficient (Wildman–Crippen LogP) is 4.19. The normalized spacial score (nSPS) is 15.2. The van der Waals surface area contributed by atoms with Crippen LogP contribution in [-0.2, 0) is 4.74 Å². The fourth-order valence-corrected chi connectivity index (χ4v) is 2.92. The van der Waals surface area contributed by atoms with Crippen LogP contribution < -0.4 is 5.32 Å². The maximum Gasteiger partial charge on any atom is 0.410 e. The fourth-order valence-electron chi connectivity index (χ4n) is 2.20. The number of nitrogens with one attached hydrogen (secondary N) is 1. The third-order valence-electron chi connectivity index (χ3n) is 3.39. The van der Waals surface area contributed by atoms with Gasteiger partial charge >= 0.3 is 12.1 Å². The van der Waals surface area contributed by atoms with Crippen LogP contribution in [0.4, 0.5) is 15.3 Å². The number of ether oxygens (including phenoxy) is 1. The lowest BCUT2D eigenvalue weighted by atomic mass is 10.2. The van der Waals surface area contributed by atoms with Crippen molar-refractivity contribution in [3.8, 4) is 0 Å². The molecule has 1 aliphatic heterocycles. The molecule has 1 aromatic rings. The molecule has 0 spiro atoms. The Hall–Kier alpha value is -1.47. The lowest BCUT2D eigenvalue weighted by Crippen LogP contribution is -2.52. The Morgan fingerprint density at radius 1 is 1.17 bits per heavy atom. The van der Waals surface area contributed by atoms with E-state index in [-0.39, 0.29) is 12.1 Å². The summed E-state index contributed by atoms with van der Waals surface area (Å²) in [7, 11) is 0. The number of piperazine rings is 1. The van der Waals surface area contributed by atoms with Gasteiger partial charge in [0.1, 0.15) is 5.60 Å². The summed E-state index contributed by atoms with van der Waals surface area (Å²) in [6, 6.07) is 5.03. The molecule has 1 heterocycles. The minimum absolute atomic E-state index is 0.233. The molecule has 6 nitrogen and oxygen atoms in total. The SMILES string of the molecule is CC(C)(C)OC(=O)N1CCN(C(=O)Nc2ccc(Br)cc2Cl)CC1. The molecular formula is C16H21BrClN3O3. The molecule has 24 heavy (non-hydrogen) atoms. The van der Waals surface area contributed by atoms with Crippen molar-refractivity contribution < 1.29 is 14.3 Å². The summed E-state index contributed by atoms with van der Waals surface area (Å²) < 4.78 is 6.19. The molecular weight excluding hydrogens is 398 g/mol. The molecule has 1 saturated heterocycles. The Labute approximate surface area is 155 Å². The van der Waals surface area contributed by atoms with Gasteiger partial charge in [-0.25, -0.2) is 9.59 Å². The van der Waals surface area contributed by atoms with Gasteiger partial charge in [0.05, 0.1) is 10.7 Å². The summed E-state index contributed by atoms with van der Waals surface area (Å²) in [4.78, 5) is 27.6. The van der Waals surface area contributed by atoms with E-state index in [4.69, 9.17) is 16.3 Å². The van der Waals surface area contributed by atoms with Crippen LogP contribution in [0.25, 0.3) is 0 Å². The summed E-state index contributed by atoms with van der Waals surface area (Å²) in [5.41, 5.74) is 0.0312. The van der Waals surface area contributed by atoms with Crippen molar-refractivity contribution in [1.29, 1.82) is 0 Å². The smallest absolute Gasteiger partial charge is 0.410 e. The Bertz CT molecular complexity index is 625. The molecule has 1 fully saturated rings. The van der Waals surface area contributed by atoms with Crippen molar-refractivity contribution in [2.45, 2.75) is 26.4 Å². The molecule has 0 atom stereocenters. The first-order valence-electron chi connectivity index (χ1n) is 7.64. The zero-order valence-corrected chi connectivity index (χ0v) is 16.3. The highest BCUT2D eigenvalue weighted by Gasteiger charge is 2.27.